The number of hydrogen-bond donors (Lipinski definition) is 0. The number of carbonyl (C=O) groups excluding carboxylic acids is 1. The number of aromatic nitrogens is 1. The van der Waals surface area contributed by atoms with Crippen LogP contribution < -0.4 is 0 Å². The summed E-state index contributed by atoms with van der Waals surface area (Å²) in [5.41, 5.74) is 2.97. The van der Waals surface area contributed by atoms with Crippen molar-refractivity contribution in [1.82, 2.24) is 8.87 Å². The van der Waals surface area contributed by atoms with E-state index in [4.69, 9.17) is 14.2 Å². The normalized spacial score (nSPS) is 20.5. The van der Waals surface area contributed by atoms with E-state index in [1.807, 2.05) is 78.8 Å². The predicted octanol–water partition coefficient (Wildman–Crippen LogP) is 7.51. The zero-order valence-corrected chi connectivity index (χ0v) is 28.8. The van der Waals surface area contributed by atoms with Crippen LogP contribution in [0.5, 0.6) is 0 Å². The van der Waals surface area contributed by atoms with Gasteiger partial charge in [-0.1, -0.05) is 44.2 Å². The number of sulfonamides is 1. The molecule has 8 nitrogen and oxygen atoms in total. The molecule has 3 aromatic rings. The van der Waals surface area contributed by atoms with E-state index >= 15 is 0 Å². The molecule has 2 fully saturated rings. The van der Waals surface area contributed by atoms with E-state index in [9.17, 15) is 17.6 Å². The largest absolute Gasteiger partial charge is 0.460 e. The van der Waals surface area contributed by atoms with E-state index in [0.717, 1.165) is 23.2 Å². The highest BCUT2D eigenvalue weighted by Crippen LogP contribution is 2.46. The van der Waals surface area contributed by atoms with Crippen molar-refractivity contribution in [2.45, 2.75) is 115 Å². The van der Waals surface area contributed by atoms with Gasteiger partial charge >= 0.3 is 5.97 Å². The zero-order valence-electron chi connectivity index (χ0n) is 28.0. The lowest BCUT2D eigenvalue weighted by Crippen LogP contribution is -2.46. The maximum Gasteiger partial charge on any atom is 0.308 e. The minimum absolute atomic E-state index is 0.110. The van der Waals surface area contributed by atoms with Gasteiger partial charge in [-0.25, -0.2) is 12.8 Å². The Bertz CT molecular complexity index is 1640. The van der Waals surface area contributed by atoms with Gasteiger partial charge in [-0.3, -0.25) is 4.79 Å². The summed E-state index contributed by atoms with van der Waals surface area (Å²) in [6, 6.07) is 15.8. The monoisotopic (exact) mass is 654 g/mol. The molecule has 0 N–H and O–H groups in total. The quantitative estimate of drug-likeness (QED) is 0.210. The van der Waals surface area contributed by atoms with Crippen molar-refractivity contribution in [1.29, 1.82) is 0 Å². The summed E-state index contributed by atoms with van der Waals surface area (Å²) < 4.78 is 64.7. The van der Waals surface area contributed by atoms with Crippen LogP contribution in [0.1, 0.15) is 85.8 Å². The summed E-state index contributed by atoms with van der Waals surface area (Å²) in [5.74, 6) is -1.76. The number of halogens is 1. The summed E-state index contributed by atoms with van der Waals surface area (Å²) >= 11 is 0. The second-order valence-electron chi connectivity index (χ2n) is 14.1. The van der Waals surface area contributed by atoms with Crippen molar-refractivity contribution < 1.29 is 31.8 Å². The molecular weight excluding hydrogens is 607 g/mol. The third-order valence-corrected chi connectivity index (χ3v) is 10.3. The van der Waals surface area contributed by atoms with Crippen molar-refractivity contribution in [3.63, 3.8) is 0 Å². The van der Waals surface area contributed by atoms with Crippen LogP contribution in [0.25, 0.3) is 22.4 Å². The summed E-state index contributed by atoms with van der Waals surface area (Å²) in [4.78, 5) is 13.0. The smallest absolute Gasteiger partial charge is 0.308 e. The highest BCUT2D eigenvalue weighted by Gasteiger charge is 2.40. The van der Waals surface area contributed by atoms with Gasteiger partial charge in [0.1, 0.15) is 16.3 Å². The first-order valence-electron chi connectivity index (χ1n) is 16.2. The first-order chi connectivity index (χ1) is 21.6. The Labute approximate surface area is 272 Å². The lowest BCUT2D eigenvalue weighted by Gasteiger charge is -2.41. The molecule has 0 spiro atoms. The van der Waals surface area contributed by atoms with E-state index in [0.29, 0.717) is 48.6 Å². The Hall–Kier alpha value is -3.05. The van der Waals surface area contributed by atoms with Gasteiger partial charge in [0.15, 0.2) is 5.79 Å². The first kappa shape index (κ1) is 34.3. The molecule has 0 radical (unpaired) electrons. The van der Waals surface area contributed by atoms with Crippen LogP contribution in [0.15, 0.2) is 59.5 Å². The van der Waals surface area contributed by atoms with E-state index in [1.54, 1.807) is 16.4 Å². The molecule has 2 saturated heterocycles. The number of carbonyl (C=O) groups is 1. The average Bonchev–Trinajstić information content (AvgIpc) is 3.26. The Kier molecular flexibility index (Phi) is 9.85. The molecule has 5 rings (SSSR count). The van der Waals surface area contributed by atoms with Crippen LogP contribution in [0, 0.1) is 5.82 Å². The van der Waals surface area contributed by atoms with Gasteiger partial charge in [0.25, 0.3) is 0 Å². The second-order valence-corrected chi connectivity index (χ2v) is 15.9. The molecule has 250 valence electrons. The van der Waals surface area contributed by atoms with E-state index in [-0.39, 0.29) is 30.2 Å². The number of benzene rings is 2. The molecule has 2 atom stereocenters. The second kappa shape index (κ2) is 13.2. The molecule has 0 aliphatic carbocycles. The van der Waals surface area contributed by atoms with Crippen molar-refractivity contribution in [2.75, 3.05) is 13.1 Å². The number of hydrogen-bond acceptors (Lipinski definition) is 6. The maximum absolute atomic E-state index is 14.4. The average molecular weight is 655 g/mol. The summed E-state index contributed by atoms with van der Waals surface area (Å²) in [7, 11) is -3.84. The molecule has 10 heteroatoms. The van der Waals surface area contributed by atoms with Gasteiger partial charge in [-0.15, -0.1) is 0 Å². The van der Waals surface area contributed by atoms with E-state index in [2.05, 4.69) is 4.57 Å². The van der Waals surface area contributed by atoms with Gasteiger partial charge in [-0.05, 0) is 88.8 Å². The Morgan fingerprint density at radius 1 is 1.00 bits per heavy atom. The topological polar surface area (TPSA) is 87.1 Å². The third-order valence-electron chi connectivity index (χ3n) is 8.31. The van der Waals surface area contributed by atoms with E-state index < -0.39 is 27.5 Å². The fraction of sp³-hybridized carbons (Fsp3) is 0.528. The van der Waals surface area contributed by atoms with Crippen molar-refractivity contribution >= 4 is 16.0 Å². The molecule has 1 aromatic heterocycles. The first-order valence-corrected chi connectivity index (χ1v) is 17.6. The molecular formula is C36H47FN2O6S. The molecule has 0 saturated carbocycles. The minimum atomic E-state index is -3.84. The van der Waals surface area contributed by atoms with Crippen LogP contribution in [-0.4, -0.2) is 59.9 Å². The van der Waals surface area contributed by atoms with Crippen molar-refractivity contribution in [2.24, 2.45) is 0 Å². The van der Waals surface area contributed by atoms with Crippen molar-refractivity contribution in [3.05, 3.63) is 66.1 Å². The molecule has 2 aliphatic heterocycles. The SMILES string of the molecule is CC(C)c1c(S(=O)(=O)N2CCC2)c(-c2ccccc2)c(-c2ccc(F)cc2)n1CC[C@@H]1C[C@H](CC(=O)OC(C)(C)C)OC(C)(C)O1. The molecule has 0 unspecified atom stereocenters. The molecule has 2 aliphatic rings. The summed E-state index contributed by atoms with van der Waals surface area (Å²) in [5, 5.41) is 0. The number of ether oxygens (including phenoxy) is 3. The van der Waals surface area contributed by atoms with Gasteiger partial charge in [0.2, 0.25) is 10.0 Å². The third kappa shape index (κ3) is 7.56. The van der Waals surface area contributed by atoms with Gasteiger partial charge in [0, 0.05) is 37.3 Å². The molecule has 0 amide bonds. The predicted molar refractivity (Wildman–Crippen MR) is 176 cm³/mol. The molecule has 3 heterocycles. The number of rotatable bonds is 10. The minimum Gasteiger partial charge on any atom is -0.460 e. The highest BCUT2D eigenvalue weighted by molar-refractivity contribution is 7.89. The Balaban J connectivity index is 1.60. The zero-order chi connectivity index (χ0) is 33.4. The van der Waals surface area contributed by atoms with Crippen LogP contribution >= 0.6 is 0 Å². The Morgan fingerprint density at radius 3 is 2.20 bits per heavy atom. The number of esters is 1. The van der Waals surface area contributed by atoms with E-state index in [1.165, 1.54) is 12.1 Å². The lowest BCUT2D eigenvalue weighted by atomic mass is 10.00. The fourth-order valence-corrected chi connectivity index (χ4v) is 8.56. The highest BCUT2D eigenvalue weighted by atomic mass is 32.2. The van der Waals surface area contributed by atoms with Crippen LogP contribution in [0.2, 0.25) is 0 Å². The van der Waals surface area contributed by atoms with Crippen molar-refractivity contribution in [3.8, 4) is 22.4 Å². The number of nitrogens with zero attached hydrogens (tertiary/aromatic N) is 2. The Morgan fingerprint density at radius 2 is 1.63 bits per heavy atom. The van der Waals surface area contributed by atoms with Gasteiger partial charge in [0.05, 0.1) is 24.3 Å². The van der Waals surface area contributed by atoms with Crippen LogP contribution in [0.4, 0.5) is 4.39 Å². The van der Waals surface area contributed by atoms with Crippen LogP contribution in [-0.2, 0) is 35.6 Å². The fourth-order valence-electron chi connectivity index (χ4n) is 6.48. The molecule has 0 bridgehead atoms. The standard InChI is InChI=1S/C36H47FN2O6S/c1-24(2)32-34(46(41,42)38-19-11-20-38)31(25-12-9-8-10-13-25)33(26-14-16-27(37)17-15-26)39(32)21-18-28-22-29(44-36(6,7)43-28)23-30(40)45-35(3,4)5/h8-10,12-17,24,28-29H,11,18-23H2,1-7H3/t28-,29-/m1/s1. The van der Waals surface area contributed by atoms with Gasteiger partial charge < -0.3 is 18.8 Å². The van der Waals surface area contributed by atoms with Gasteiger partial charge in [-0.2, -0.15) is 4.31 Å². The van der Waals surface area contributed by atoms with Crippen LogP contribution in [0.3, 0.4) is 0 Å². The summed E-state index contributed by atoms with van der Waals surface area (Å²) in [6.45, 7) is 14.6. The summed E-state index contributed by atoms with van der Waals surface area (Å²) in [6.07, 6.45) is 1.30. The molecule has 2 aromatic carbocycles. The molecule has 46 heavy (non-hydrogen) atoms. The maximum atomic E-state index is 14.4. The lowest BCUT2D eigenvalue weighted by molar-refractivity contribution is -0.301.